The van der Waals surface area contributed by atoms with Crippen molar-refractivity contribution in [3.05, 3.63) is 75.7 Å². The maximum atomic E-state index is 13.1. The van der Waals surface area contributed by atoms with E-state index < -0.39 is 5.91 Å². The number of aromatic nitrogens is 2. The number of amides is 1. The van der Waals surface area contributed by atoms with Crippen LogP contribution in [0.4, 0.5) is 5.69 Å². The van der Waals surface area contributed by atoms with Gasteiger partial charge in [0.25, 0.3) is 11.5 Å². The lowest BCUT2D eigenvalue weighted by atomic mass is 10.1. The molecule has 8 nitrogen and oxygen atoms in total. The molecule has 0 spiro atoms. The van der Waals surface area contributed by atoms with E-state index in [1.54, 1.807) is 56.1 Å². The molecule has 0 unspecified atom stereocenters. The van der Waals surface area contributed by atoms with Crippen LogP contribution in [0.3, 0.4) is 0 Å². The Labute approximate surface area is 198 Å². The van der Waals surface area contributed by atoms with Crippen LogP contribution in [0, 0.1) is 18.3 Å². The number of nitrogens with one attached hydrogen (secondary N) is 1. The monoisotopic (exact) mass is 460 g/mol. The Morgan fingerprint density at radius 1 is 1.18 bits per heavy atom. The largest absolute Gasteiger partial charge is 0.493 e. The van der Waals surface area contributed by atoms with Gasteiger partial charge in [-0.2, -0.15) is 5.26 Å². The summed E-state index contributed by atoms with van der Waals surface area (Å²) in [7, 11) is 3.29. The number of rotatable bonds is 9. The molecule has 0 aliphatic carbocycles. The van der Waals surface area contributed by atoms with Gasteiger partial charge in [-0.05, 0) is 49.2 Å². The molecule has 34 heavy (non-hydrogen) atoms. The Hall–Kier alpha value is -4.25. The minimum absolute atomic E-state index is 0.121. The summed E-state index contributed by atoms with van der Waals surface area (Å²) in [6, 6.07) is 16.2. The molecule has 2 aromatic carbocycles. The molecule has 1 aromatic heterocycles. The molecule has 0 aliphatic heterocycles. The van der Waals surface area contributed by atoms with Crippen LogP contribution in [0.15, 0.2) is 58.9 Å². The van der Waals surface area contributed by atoms with E-state index in [1.165, 1.54) is 10.8 Å². The molecule has 0 aliphatic rings. The van der Waals surface area contributed by atoms with Gasteiger partial charge in [0.1, 0.15) is 17.3 Å². The van der Waals surface area contributed by atoms with Crippen molar-refractivity contribution >= 4 is 17.7 Å². The number of hydrogen-bond acceptors (Lipinski definition) is 5. The van der Waals surface area contributed by atoms with Gasteiger partial charge in [-0.1, -0.05) is 37.6 Å². The Bertz CT molecular complexity index is 1300. The molecule has 0 saturated heterocycles. The van der Waals surface area contributed by atoms with Gasteiger partial charge < -0.3 is 14.8 Å². The number of carbonyl (C=O) groups is 1. The fourth-order valence-corrected chi connectivity index (χ4v) is 3.43. The third-order valence-electron chi connectivity index (χ3n) is 5.41. The van der Waals surface area contributed by atoms with Crippen molar-refractivity contribution in [2.24, 2.45) is 7.05 Å². The minimum atomic E-state index is -0.669. The molecule has 1 amide bonds. The van der Waals surface area contributed by atoms with E-state index in [-0.39, 0.29) is 16.8 Å². The molecular weight excluding hydrogens is 432 g/mol. The summed E-state index contributed by atoms with van der Waals surface area (Å²) in [4.78, 5) is 26.0. The summed E-state index contributed by atoms with van der Waals surface area (Å²) < 4.78 is 14.2. The average molecular weight is 461 g/mol. The number of benzene rings is 2. The molecule has 0 radical (unpaired) electrons. The van der Waals surface area contributed by atoms with Crippen LogP contribution in [0.5, 0.6) is 11.5 Å². The van der Waals surface area contributed by atoms with E-state index in [0.29, 0.717) is 35.1 Å². The van der Waals surface area contributed by atoms with Crippen molar-refractivity contribution in [1.82, 2.24) is 9.36 Å². The Kier molecular flexibility index (Phi) is 7.93. The van der Waals surface area contributed by atoms with Gasteiger partial charge in [-0.3, -0.25) is 14.3 Å². The summed E-state index contributed by atoms with van der Waals surface area (Å²) >= 11 is 0. The second kappa shape index (κ2) is 11.1. The van der Waals surface area contributed by atoms with Gasteiger partial charge in [-0.15, -0.1) is 0 Å². The normalized spacial score (nSPS) is 11.1. The molecule has 0 fully saturated rings. The van der Waals surface area contributed by atoms with Crippen molar-refractivity contribution in [3.63, 3.8) is 0 Å². The lowest BCUT2D eigenvalue weighted by Gasteiger charge is -2.11. The first-order valence-electron chi connectivity index (χ1n) is 11.0. The summed E-state index contributed by atoms with van der Waals surface area (Å²) in [5.41, 5.74) is 1.44. The van der Waals surface area contributed by atoms with Crippen molar-refractivity contribution in [2.45, 2.75) is 26.7 Å². The molecule has 0 saturated carbocycles. The first-order valence-corrected chi connectivity index (χ1v) is 11.0. The number of unbranched alkanes of at least 4 members (excludes halogenated alkanes) is 1. The van der Waals surface area contributed by atoms with Crippen LogP contribution >= 0.6 is 0 Å². The number of carbonyl (C=O) groups excluding carboxylic acids is 1. The molecule has 176 valence electrons. The Morgan fingerprint density at radius 3 is 2.56 bits per heavy atom. The standard InChI is InChI=1S/C26H28N4O4/c1-5-6-14-34-23-16-19(12-13-22(23)33-4)15-20(17-27)25(31)28-24-18(2)29(3)30(26(24)32)21-10-8-7-9-11-21/h7-13,15-16H,5-6,14H2,1-4H3,(H,28,31)/b20-15+. The molecule has 1 N–H and O–H groups in total. The van der Waals surface area contributed by atoms with Crippen LogP contribution < -0.4 is 20.3 Å². The number of methoxy groups -OCH3 is 1. The average Bonchev–Trinajstić information content (AvgIpc) is 3.06. The van der Waals surface area contributed by atoms with Crippen LogP contribution in [0.1, 0.15) is 31.0 Å². The van der Waals surface area contributed by atoms with Crippen molar-refractivity contribution in [1.29, 1.82) is 5.26 Å². The maximum absolute atomic E-state index is 13.1. The summed E-state index contributed by atoms with van der Waals surface area (Å²) in [5, 5.41) is 12.3. The minimum Gasteiger partial charge on any atom is -0.493 e. The summed E-state index contributed by atoms with van der Waals surface area (Å²) in [6.07, 6.45) is 3.34. The molecular formula is C26H28N4O4. The highest BCUT2D eigenvalue weighted by Crippen LogP contribution is 2.29. The Balaban J connectivity index is 1.90. The predicted octanol–water partition coefficient (Wildman–Crippen LogP) is 4.22. The molecule has 3 aromatic rings. The van der Waals surface area contributed by atoms with Gasteiger partial charge >= 0.3 is 0 Å². The molecule has 0 bridgehead atoms. The van der Waals surface area contributed by atoms with E-state index in [2.05, 4.69) is 12.2 Å². The first kappa shape index (κ1) is 24.4. The van der Waals surface area contributed by atoms with Crippen LogP contribution in [0.2, 0.25) is 0 Å². The van der Waals surface area contributed by atoms with Gasteiger partial charge in [0.05, 0.1) is 25.1 Å². The Morgan fingerprint density at radius 2 is 1.91 bits per heavy atom. The van der Waals surface area contributed by atoms with Gasteiger partial charge in [0.15, 0.2) is 11.5 Å². The molecule has 3 rings (SSSR count). The zero-order valence-corrected chi connectivity index (χ0v) is 19.8. The zero-order chi connectivity index (χ0) is 24.7. The fraction of sp³-hybridized carbons (Fsp3) is 0.269. The number of anilines is 1. The number of nitriles is 1. The maximum Gasteiger partial charge on any atom is 0.295 e. The quantitative estimate of drug-likeness (QED) is 0.293. The van der Waals surface area contributed by atoms with Crippen LogP contribution in [0.25, 0.3) is 11.8 Å². The summed E-state index contributed by atoms with van der Waals surface area (Å²) in [5.74, 6) is 0.433. The number of hydrogen-bond donors (Lipinski definition) is 1. The topological polar surface area (TPSA) is 98.3 Å². The highest BCUT2D eigenvalue weighted by molar-refractivity contribution is 6.09. The highest BCUT2D eigenvalue weighted by atomic mass is 16.5. The molecule has 8 heteroatoms. The van der Waals surface area contributed by atoms with Crippen LogP contribution in [-0.4, -0.2) is 29.0 Å². The third kappa shape index (κ3) is 5.21. The van der Waals surface area contributed by atoms with Crippen molar-refractivity contribution in [3.8, 4) is 23.3 Å². The van der Waals surface area contributed by atoms with E-state index in [4.69, 9.17) is 9.47 Å². The summed E-state index contributed by atoms with van der Waals surface area (Å²) in [6.45, 7) is 4.34. The zero-order valence-electron chi connectivity index (χ0n) is 19.8. The van der Waals surface area contributed by atoms with E-state index in [1.807, 2.05) is 24.3 Å². The number of ether oxygens (including phenoxy) is 2. The van der Waals surface area contributed by atoms with Gasteiger partial charge in [0, 0.05) is 7.05 Å². The second-order valence-electron chi connectivity index (χ2n) is 7.67. The lowest BCUT2D eigenvalue weighted by Crippen LogP contribution is -2.23. The van der Waals surface area contributed by atoms with Gasteiger partial charge in [-0.25, -0.2) is 4.68 Å². The highest BCUT2D eigenvalue weighted by Gasteiger charge is 2.20. The predicted molar refractivity (Wildman–Crippen MR) is 131 cm³/mol. The van der Waals surface area contributed by atoms with E-state index in [0.717, 1.165) is 12.8 Å². The van der Waals surface area contributed by atoms with Gasteiger partial charge in [0.2, 0.25) is 0 Å². The van der Waals surface area contributed by atoms with Crippen molar-refractivity contribution < 1.29 is 14.3 Å². The number of para-hydroxylation sites is 1. The number of nitrogens with zero attached hydrogens (tertiary/aromatic N) is 3. The van der Waals surface area contributed by atoms with Crippen LogP contribution in [-0.2, 0) is 11.8 Å². The van der Waals surface area contributed by atoms with E-state index in [9.17, 15) is 14.9 Å². The lowest BCUT2D eigenvalue weighted by molar-refractivity contribution is -0.112. The third-order valence-corrected chi connectivity index (χ3v) is 5.41. The van der Waals surface area contributed by atoms with E-state index >= 15 is 0 Å². The molecule has 0 atom stereocenters. The molecule has 1 heterocycles. The smallest absolute Gasteiger partial charge is 0.295 e. The first-order chi connectivity index (χ1) is 16.4. The van der Waals surface area contributed by atoms with Crippen molar-refractivity contribution in [2.75, 3.05) is 19.0 Å². The second-order valence-corrected chi connectivity index (χ2v) is 7.67. The SMILES string of the molecule is CCCCOc1cc(/C=C(\C#N)C(=O)Nc2c(C)n(C)n(-c3ccccc3)c2=O)ccc1OC. The fourth-order valence-electron chi connectivity index (χ4n) is 3.43.